The molecule has 0 saturated carbocycles. The first-order valence-electron chi connectivity index (χ1n) is 7.12. The van der Waals surface area contributed by atoms with Crippen LogP contribution in [0.3, 0.4) is 0 Å². The van der Waals surface area contributed by atoms with Gasteiger partial charge >= 0.3 is 5.97 Å². The molecule has 0 aliphatic carbocycles. The van der Waals surface area contributed by atoms with Crippen molar-refractivity contribution >= 4 is 164 Å². The summed E-state index contributed by atoms with van der Waals surface area (Å²) in [5, 5.41) is 9.95. The zero-order chi connectivity index (χ0) is 21.4. The van der Waals surface area contributed by atoms with Gasteiger partial charge in [-0.05, 0) is 143 Å². The summed E-state index contributed by atoms with van der Waals surface area (Å²) in [6.07, 6.45) is 0. The molecule has 0 aliphatic rings. The molecule has 0 fully saturated rings. The molecule has 0 spiro atoms. The van der Waals surface area contributed by atoms with Gasteiger partial charge in [0.15, 0.2) is 9.30 Å². The van der Waals surface area contributed by atoms with Crippen molar-refractivity contribution in [3.8, 4) is 17.2 Å². The first-order valence-corrected chi connectivity index (χ1v) is 14.7. The van der Waals surface area contributed by atoms with Crippen molar-refractivity contribution in [3.63, 3.8) is 0 Å². The molecule has 2 rings (SSSR count). The fourth-order valence-corrected chi connectivity index (χ4v) is 7.34. The number of phenolic OH excluding ortho intramolecular Hbond substituents is 1. The lowest BCUT2D eigenvalue weighted by molar-refractivity contribution is -0.142. The van der Waals surface area contributed by atoms with E-state index in [1.165, 1.54) is 7.11 Å². The maximum absolute atomic E-state index is 12.2. The van der Waals surface area contributed by atoms with Crippen LogP contribution >= 0.6 is 158 Å². The Morgan fingerprint density at radius 2 is 1.43 bits per heavy atom. The largest absolute Gasteiger partial charge is 0.506 e. The van der Waals surface area contributed by atoms with E-state index in [0.29, 0.717) is 11.5 Å². The van der Waals surface area contributed by atoms with Crippen LogP contribution in [-0.2, 0) is 11.0 Å². The van der Waals surface area contributed by atoms with Crippen LogP contribution in [0, 0.1) is 14.3 Å². The van der Waals surface area contributed by atoms with Gasteiger partial charge in [-0.3, -0.25) is 0 Å². The number of ether oxygens (including phenoxy) is 2. The van der Waals surface area contributed by atoms with E-state index in [0.717, 1.165) is 19.8 Å². The van der Waals surface area contributed by atoms with Gasteiger partial charge < -0.3 is 20.3 Å². The van der Waals surface area contributed by atoms with Gasteiger partial charge in [-0.25, -0.2) is 4.79 Å². The average molecular weight is 1170 g/mol. The Labute approximate surface area is 257 Å². The molecule has 2 aromatic rings. The van der Waals surface area contributed by atoms with Crippen LogP contribution in [-0.4, -0.2) is 21.7 Å². The minimum absolute atomic E-state index is 0.247. The number of methoxy groups -OCH3 is 1. The molecule has 0 aromatic heterocycles. The number of phenols is 1. The van der Waals surface area contributed by atoms with Crippen molar-refractivity contribution in [1.82, 2.24) is 0 Å². The van der Waals surface area contributed by atoms with Gasteiger partial charge in [-0.1, -0.05) is 45.2 Å². The molecule has 0 amide bonds. The molecular weight excluding hydrogens is 1160 g/mol. The van der Waals surface area contributed by atoms with Gasteiger partial charge in [0.05, 0.1) is 21.4 Å². The lowest BCUT2D eigenvalue weighted by Gasteiger charge is -2.34. The number of carbonyl (C=O) groups is 1. The standard InChI is InChI=1S/C16H10I7NO4/c1-27-14(26)16(23,24)15(21,22)6-2-10(19)13(11(20)3-6)28-7-4-8(17)12(25)9(18)5-7/h2-5,25H,24H2,1H3/t16-/m1/s1. The van der Waals surface area contributed by atoms with Crippen molar-refractivity contribution in [2.45, 2.75) is 4.97 Å². The summed E-state index contributed by atoms with van der Waals surface area (Å²) in [7, 11) is 1.33. The van der Waals surface area contributed by atoms with Crippen molar-refractivity contribution in [3.05, 3.63) is 44.1 Å². The molecule has 3 N–H and O–H groups in total. The van der Waals surface area contributed by atoms with Crippen LogP contribution in [0.15, 0.2) is 24.3 Å². The monoisotopic (exact) mass is 1170 g/mol. The predicted octanol–water partition coefficient (Wildman–Crippen LogP) is 6.89. The molecule has 0 radical (unpaired) electrons. The summed E-state index contributed by atoms with van der Waals surface area (Å²) in [6, 6.07) is 7.48. The highest BCUT2D eigenvalue weighted by Gasteiger charge is 2.52. The topological polar surface area (TPSA) is 81.8 Å². The molecule has 5 nitrogen and oxygen atoms in total. The third-order valence-corrected chi connectivity index (χ3v) is 13.0. The second kappa shape index (κ2) is 10.7. The molecule has 12 heteroatoms. The Hall–Kier alpha value is 2.58. The van der Waals surface area contributed by atoms with Crippen molar-refractivity contribution in [2.75, 3.05) is 7.11 Å². The molecule has 0 unspecified atom stereocenters. The van der Waals surface area contributed by atoms with E-state index in [4.69, 9.17) is 15.2 Å². The Balaban J connectivity index is 2.47. The summed E-state index contributed by atoms with van der Waals surface area (Å²) in [5.41, 5.74) is 7.21. The summed E-state index contributed by atoms with van der Waals surface area (Å²) >= 11 is 14.9. The highest BCUT2D eigenvalue weighted by atomic mass is 127. The predicted molar refractivity (Wildman–Crippen MR) is 168 cm³/mol. The number of alkyl halides is 3. The van der Waals surface area contributed by atoms with Crippen LogP contribution in [0.1, 0.15) is 5.56 Å². The van der Waals surface area contributed by atoms with Gasteiger partial charge in [0.2, 0.25) is 0 Å². The van der Waals surface area contributed by atoms with Crippen LogP contribution in [0.2, 0.25) is 0 Å². The summed E-state index contributed by atoms with van der Waals surface area (Å²) in [6.45, 7) is 0. The Kier molecular flexibility index (Phi) is 10.2. The van der Waals surface area contributed by atoms with Crippen LogP contribution < -0.4 is 10.5 Å². The molecule has 0 aliphatic heterocycles. The van der Waals surface area contributed by atoms with Gasteiger partial charge in [-0.2, -0.15) is 0 Å². The zero-order valence-corrected chi connectivity index (χ0v) is 28.8. The van der Waals surface area contributed by atoms with E-state index < -0.39 is 10.9 Å². The number of nitrogens with two attached hydrogens (primary N) is 1. The lowest BCUT2D eigenvalue weighted by Crippen LogP contribution is -2.53. The maximum Gasteiger partial charge on any atom is 0.338 e. The minimum atomic E-state index is -1.25. The molecule has 0 bridgehead atoms. The molecule has 0 saturated heterocycles. The van der Waals surface area contributed by atoms with E-state index in [1.54, 1.807) is 12.1 Å². The number of benzene rings is 2. The molecular formula is C16H10I7NO4. The Morgan fingerprint density at radius 3 is 1.86 bits per heavy atom. The smallest absolute Gasteiger partial charge is 0.338 e. The third kappa shape index (κ3) is 5.73. The van der Waals surface area contributed by atoms with E-state index in [1.807, 2.05) is 34.7 Å². The summed E-state index contributed by atoms with van der Waals surface area (Å²) in [4.78, 5) is 12.2. The second-order valence-corrected chi connectivity index (χ2v) is 17.0. The SMILES string of the molecule is COC(=O)[C@](N)(I)C(I)(I)c1cc(I)c(Oc2cc(I)c(O)c(I)c2)c(I)c1. The van der Waals surface area contributed by atoms with Gasteiger partial charge in [0.25, 0.3) is 0 Å². The van der Waals surface area contributed by atoms with Crippen molar-refractivity contribution < 1.29 is 19.4 Å². The molecule has 2 aromatic carbocycles. The Morgan fingerprint density at radius 1 is 0.964 bits per heavy atom. The second-order valence-electron chi connectivity index (χ2n) is 5.38. The normalized spacial score (nSPS) is 13.8. The highest BCUT2D eigenvalue weighted by molar-refractivity contribution is 14.2. The van der Waals surface area contributed by atoms with Crippen molar-refractivity contribution in [1.29, 1.82) is 0 Å². The first-order chi connectivity index (χ1) is 12.8. The fraction of sp³-hybridized carbons (Fsp3) is 0.188. The summed E-state index contributed by atoms with van der Waals surface area (Å²) < 4.78 is 12.2. The lowest BCUT2D eigenvalue weighted by atomic mass is 10.1. The fourth-order valence-electron chi connectivity index (χ4n) is 2.04. The average Bonchev–Trinajstić information content (AvgIpc) is 2.61. The number of hydrogen-bond acceptors (Lipinski definition) is 5. The quantitative estimate of drug-likeness (QED) is 0.148. The van der Waals surface area contributed by atoms with Gasteiger partial charge in [0, 0.05) is 0 Å². The minimum Gasteiger partial charge on any atom is -0.506 e. The maximum atomic E-state index is 12.2. The molecule has 1 atom stereocenters. The first kappa shape index (κ1) is 26.8. The number of carbonyl (C=O) groups excluding carboxylic acids is 1. The van der Waals surface area contributed by atoms with E-state index in [2.05, 4.69) is 136 Å². The number of rotatable bonds is 5. The van der Waals surface area contributed by atoms with E-state index in [-0.39, 0.29) is 5.75 Å². The van der Waals surface area contributed by atoms with E-state index in [9.17, 15) is 9.90 Å². The number of halogens is 7. The molecule has 152 valence electrons. The van der Waals surface area contributed by atoms with Gasteiger partial charge in [-0.15, -0.1) is 0 Å². The third-order valence-electron chi connectivity index (χ3n) is 3.51. The van der Waals surface area contributed by atoms with Gasteiger partial charge in [0.1, 0.15) is 12.9 Å². The summed E-state index contributed by atoms with van der Waals surface area (Å²) in [5.74, 6) is 1.11. The van der Waals surface area contributed by atoms with E-state index >= 15 is 0 Å². The van der Waals surface area contributed by atoms with Crippen LogP contribution in [0.4, 0.5) is 0 Å². The number of esters is 1. The van der Waals surface area contributed by atoms with Crippen LogP contribution in [0.5, 0.6) is 17.2 Å². The zero-order valence-electron chi connectivity index (χ0n) is 13.7. The Bertz CT molecular complexity index is 887. The molecule has 0 heterocycles. The van der Waals surface area contributed by atoms with Crippen molar-refractivity contribution in [2.24, 2.45) is 5.73 Å². The number of hydrogen-bond donors (Lipinski definition) is 2. The molecule has 28 heavy (non-hydrogen) atoms. The number of aromatic hydroxyl groups is 1. The van der Waals surface area contributed by atoms with Crippen LogP contribution in [0.25, 0.3) is 0 Å². The highest BCUT2D eigenvalue weighted by Crippen LogP contribution is 2.52.